The molecular weight excluding hydrogens is 464 g/mol. The second kappa shape index (κ2) is 9.92. The summed E-state index contributed by atoms with van der Waals surface area (Å²) in [4.78, 5) is 18.1. The average molecular weight is 499 g/mol. The van der Waals surface area contributed by atoms with Crippen LogP contribution in [0.4, 0.5) is 0 Å². The van der Waals surface area contributed by atoms with Crippen molar-refractivity contribution in [2.75, 3.05) is 20.3 Å². The van der Waals surface area contributed by atoms with Crippen LogP contribution in [0.3, 0.4) is 0 Å². The molecule has 0 unspecified atom stereocenters. The maximum atomic E-state index is 13.1. The van der Waals surface area contributed by atoms with E-state index in [9.17, 15) is 4.79 Å². The Bertz CT molecular complexity index is 1240. The van der Waals surface area contributed by atoms with Gasteiger partial charge in [-0.05, 0) is 71.2 Å². The number of hydrogen-bond donors (Lipinski definition) is 0. The minimum absolute atomic E-state index is 0.446. The molecule has 1 saturated heterocycles. The zero-order valence-electron chi connectivity index (χ0n) is 21.7. The van der Waals surface area contributed by atoms with Gasteiger partial charge in [-0.1, -0.05) is 23.7 Å². The standard InChI is InChI=1S/C28H35ClN2O4/c1-16-18(3)31(13-12-19-14-34-15-19)26-22(16)24(20-8-10-21(29)11-9-20)23(17(2)30-26)25(27(32)33-7)35-28(4,5)6/h8-11,19,25H,12-15H2,1-7H3/t25-/m0/s1. The quantitative estimate of drug-likeness (QED) is 0.355. The van der Waals surface area contributed by atoms with Crippen molar-refractivity contribution < 1.29 is 19.0 Å². The zero-order chi connectivity index (χ0) is 25.5. The maximum absolute atomic E-state index is 13.1. The van der Waals surface area contributed by atoms with Gasteiger partial charge in [0.1, 0.15) is 5.65 Å². The van der Waals surface area contributed by atoms with Crippen LogP contribution in [0.1, 0.15) is 55.8 Å². The molecule has 3 aromatic rings. The van der Waals surface area contributed by atoms with Crippen molar-refractivity contribution in [3.63, 3.8) is 0 Å². The summed E-state index contributed by atoms with van der Waals surface area (Å²) in [6.45, 7) is 14.5. The van der Waals surface area contributed by atoms with Crippen LogP contribution in [-0.2, 0) is 25.5 Å². The molecule has 3 heterocycles. The van der Waals surface area contributed by atoms with E-state index in [0.717, 1.165) is 65.2 Å². The van der Waals surface area contributed by atoms with E-state index in [-0.39, 0.29) is 0 Å². The highest BCUT2D eigenvalue weighted by molar-refractivity contribution is 6.30. The first-order valence-corrected chi connectivity index (χ1v) is 12.5. The van der Waals surface area contributed by atoms with Crippen LogP contribution in [0.5, 0.6) is 0 Å². The molecule has 0 saturated carbocycles. The summed E-state index contributed by atoms with van der Waals surface area (Å²) in [5.74, 6) is 0.144. The van der Waals surface area contributed by atoms with E-state index in [4.69, 9.17) is 30.8 Å². The largest absolute Gasteiger partial charge is 0.467 e. The number of methoxy groups -OCH3 is 1. The van der Waals surface area contributed by atoms with E-state index < -0.39 is 17.7 Å². The fraction of sp³-hybridized carbons (Fsp3) is 0.500. The van der Waals surface area contributed by atoms with Gasteiger partial charge in [0.05, 0.1) is 25.9 Å². The van der Waals surface area contributed by atoms with Crippen molar-refractivity contribution >= 4 is 28.6 Å². The molecule has 188 valence electrons. The Hall–Kier alpha value is -2.41. The van der Waals surface area contributed by atoms with Crippen LogP contribution in [0.2, 0.25) is 5.02 Å². The molecule has 0 radical (unpaired) electrons. The summed E-state index contributed by atoms with van der Waals surface area (Å²) in [7, 11) is 1.39. The molecule has 1 fully saturated rings. The first-order chi connectivity index (χ1) is 16.5. The Morgan fingerprint density at radius 1 is 1.20 bits per heavy atom. The van der Waals surface area contributed by atoms with Gasteiger partial charge in [0.15, 0.2) is 6.10 Å². The maximum Gasteiger partial charge on any atom is 0.339 e. The fourth-order valence-electron chi connectivity index (χ4n) is 4.75. The number of carbonyl (C=O) groups excluding carboxylic acids is 1. The van der Waals surface area contributed by atoms with E-state index in [0.29, 0.717) is 10.9 Å². The predicted octanol–water partition coefficient (Wildman–Crippen LogP) is 6.35. The minimum atomic E-state index is -0.919. The summed E-state index contributed by atoms with van der Waals surface area (Å²) in [6, 6.07) is 7.72. The first kappa shape index (κ1) is 25.7. The summed E-state index contributed by atoms with van der Waals surface area (Å²) in [5, 5.41) is 1.68. The Labute approximate surface area is 212 Å². The molecule has 0 N–H and O–H groups in total. The Balaban J connectivity index is 2.01. The molecular formula is C28H35ClN2O4. The normalized spacial score (nSPS) is 15.3. The number of pyridine rings is 1. The molecule has 6 nitrogen and oxygen atoms in total. The molecule has 1 atom stereocenters. The van der Waals surface area contributed by atoms with Gasteiger partial charge < -0.3 is 18.8 Å². The van der Waals surface area contributed by atoms with Gasteiger partial charge in [0.2, 0.25) is 0 Å². The monoisotopic (exact) mass is 498 g/mol. The van der Waals surface area contributed by atoms with Crippen LogP contribution >= 0.6 is 11.6 Å². The summed E-state index contributed by atoms with van der Waals surface area (Å²) >= 11 is 6.24. The highest BCUT2D eigenvalue weighted by Gasteiger charge is 2.34. The second-order valence-electron chi connectivity index (χ2n) is 10.4. The molecule has 7 heteroatoms. The molecule has 2 aromatic heterocycles. The lowest BCUT2D eigenvalue weighted by Gasteiger charge is -2.29. The number of nitrogens with zero attached hydrogens (tertiary/aromatic N) is 2. The first-order valence-electron chi connectivity index (χ1n) is 12.1. The lowest BCUT2D eigenvalue weighted by atomic mass is 9.91. The van der Waals surface area contributed by atoms with E-state index in [2.05, 4.69) is 18.4 Å². The molecule has 0 spiro atoms. The fourth-order valence-corrected chi connectivity index (χ4v) is 4.88. The lowest BCUT2D eigenvalue weighted by Crippen LogP contribution is -2.29. The third kappa shape index (κ3) is 5.11. The van der Waals surface area contributed by atoms with E-state index in [1.54, 1.807) is 0 Å². The summed E-state index contributed by atoms with van der Waals surface area (Å²) in [6.07, 6.45) is 0.124. The second-order valence-corrected chi connectivity index (χ2v) is 10.8. The van der Waals surface area contributed by atoms with Gasteiger partial charge in [-0.25, -0.2) is 9.78 Å². The van der Waals surface area contributed by atoms with Crippen molar-refractivity contribution in [3.05, 3.63) is 51.8 Å². The van der Waals surface area contributed by atoms with Gasteiger partial charge in [0.25, 0.3) is 0 Å². The highest BCUT2D eigenvalue weighted by Crippen LogP contribution is 2.42. The van der Waals surface area contributed by atoms with E-state index in [1.807, 2.05) is 52.0 Å². The number of aryl methyl sites for hydroxylation is 3. The summed E-state index contributed by atoms with van der Waals surface area (Å²) in [5.41, 5.74) is 6.04. The lowest BCUT2D eigenvalue weighted by molar-refractivity contribution is -0.164. The number of fused-ring (bicyclic) bond motifs is 1. The molecule has 0 bridgehead atoms. The van der Waals surface area contributed by atoms with Gasteiger partial charge in [-0.2, -0.15) is 0 Å². The predicted molar refractivity (Wildman–Crippen MR) is 139 cm³/mol. The Morgan fingerprint density at radius 3 is 2.40 bits per heavy atom. The molecule has 1 aromatic carbocycles. The van der Waals surface area contributed by atoms with Crippen molar-refractivity contribution in [2.45, 2.75) is 66.2 Å². The van der Waals surface area contributed by atoms with Crippen LogP contribution in [0, 0.1) is 26.7 Å². The molecule has 4 rings (SSSR count). The molecule has 0 aliphatic carbocycles. The number of carbonyl (C=O) groups is 1. The van der Waals surface area contributed by atoms with E-state index in [1.165, 1.54) is 12.8 Å². The third-order valence-electron chi connectivity index (χ3n) is 6.73. The highest BCUT2D eigenvalue weighted by atomic mass is 35.5. The van der Waals surface area contributed by atoms with Crippen molar-refractivity contribution in [2.24, 2.45) is 5.92 Å². The number of esters is 1. The van der Waals surface area contributed by atoms with Crippen LogP contribution in [0.25, 0.3) is 22.2 Å². The Morgan fingerprint density at radius 2 is 1.86 bits per heavy atom. The number of aromatic nitrogens is 2. The van der Waals surface area contributed by atoms with Gasteiger partial charge >= 0.3 is 5.97 Å². The number of halogens is 1. The number of rotatable bonds is 7. The van der Waals surface area contributed by atoms with Crippen molar-refractivity contribution in [1.82, 2.24) is 9.55 Å². The zero-order valence-corrected chi connectivity index (χ0v) is 22.5. The molecule has 0 amide bonds. The molecule has 35 heavy (non-hydrogen) atoms. The number of benzene rings is 1. The smallest absolute Gasteiger partial charge is 0.339 e. The third-order valence-corrected chi connectivity index (χ3v) is 6.99. The minimum Gasteiger partial charge on any atom is -0.467 e. The van der Waals surface area contributed by atoms with Crippen molar-refractivity contribution in [3.8, 4) is 11.1 Å². The van der Waals surface area contributed by atoms with Crippen LogP contribution in [0.15, 0.2) is 24.3 Å². The molecule has 1 aliphatic rings. The van der Waals surface area contributed by atoms with Crippen molar-refractivity contribution in [1.29, 1.82) is 0 Å². The van der Waals surface area contributed by atoms with Crippen LogP contribution < -0.4 is 0 Å². The summed E-state index contributed by atoms with van der Waals surface area (Å²) < 4.78 is 19.2. The molecule has 1 aliphatic heterocycles. The van der Waals surface area contributed by atoms with Gasteiger partial charge in [0, 0.05) is 45.4 Å². The van der Waals surface area contributed by atoms with Crippen LogP contribution in [-0.4, -0.2) is 41.4 Å². The average Bonchev–Trinajstić information content (AvgIpc) is 2.99. The number of hydrogen-bond acceptors (Lipinski definition) is 5. The van der Waals surface area contributed by atoms with Gasteiger partial charge in [-0.3, -0.25) is 0 Å². The SMILES string of the molecule is COC(=O)[C@@H](OC(C)(C)C)c1c(C)nc2c(c(C)c(C)n2CCC2COC2)c1-c1ccc(Cl)cc1. The van der Waals surface area contributed by atoms with Gasteiger partial charge in [-0.15, -0.1) is 0 Å². The topological polar surface area (TPSA) is 62.6 Å². The number of ether oxygens (including phenoxy) is 3. The Kier molecular flexibility index (Phi) is 7.28. The van der Waals surface area contributed by atoms with E-state index >= 15 is 0 Å².